The topological polar surface area (TPSA) is 66.8 Å². The fraction of sp³-hybridized carbons (Fsp3) is 0.846. The SMILES string of the molecule is CC(OCC1CC1)C(=O)N1CCCC(C(=O)O)C1. The number of hydrogen-bond donors (Lipinski definition) is 1. The zero-order valence-electron chi connectivity index (χ0n) is 10.8. The Morgan fingerprint density at radius 1 is 1.39 bits per heavy atom. The second kappa shape index (κ2) is 5.69. The minimum Gasteiger partial charge on any atom is -0.481 e. The van der Waals surface area contributed by atoms with Crippen molar-refractivity contribution in [2.45, 2.75) is 38.7 Å². The lowest BCUT2D eigenvalue weighted by atomic mass is 9.98. The van der Waals surface area contributed by atoms with Crippen LogP contribution < -0.4 is 0 Å². The van der Waals surface area contributed by atoms with Gasteiger partial charge in [0, 0.05) is 13.1 Å². The average Bonchev–Trinajstić information content (AvgIpc) is 3.19. The number of carboxylic acid groups (broad SMARTS) is 1. The number of hydrogen-bond acceptors (Lipinski definition) is 3. The van der Waals surface area contributed by atoms with E-state index in [2.05, 4.69) is 0 Å². The summed E-state index contributed by atoms with van der Waals surface area (Å²) in [6.07, 6.45) is 3.38. The highest BCUT2D eigenvalue weighted by Crippen LogP contribution is 2.29. The number of carbonyl (C=O) groups excluding carboxylic acids is 1. The number of carbonyl (C=O) groups is 2. The van der Waals surface area contributed by atoms with Crippen LogP contribution in [0.5, 0.6) is 0 Å². The van der Waals surface area contributed by atoms with Gasteiger partial charge in [-0.05, 0) is 38.5 Å². The molecule has 2 rings (SSSR count). The molecule has 2 unspecified atom stereocenters. The number of nitrogens with zero attached hydrogens (tertiary/aromatic N) is 1. The molecule has 1 amide bonds. The number of amides is 1. The minimum absolute atomic E-state index is 0.0680. The summed E-state index contributed by atoms with van der Waals surface area (Å²) in [6, 6.07) is 0. The van der Waals surface area contributed by atoms with Gasteiger partial charge in [0.1, 0.15) is 6.10 Å². The van der Waals surface area contributed by atoms with Crippen LogP contribution in [0.1, 0.15) is 32.6 Å². The Labute approximate surface area is 107 Å². The summed E-state index contributed by atoms with van der Waals surface area (Å²) < 4.78 is 5.54. The van der Waals surface area contributed by atoms with Gasteiger partial charge in [-0.15, -0.1) is 0 Å². The van der Waals surface area contributed by atoms with Crippen molar-refractivity contribution in [1.82, 2.24) is 4.90 Å². The second-order valence-electron chi connectivity index (χ2n) is 5.38. The smallest absolute Gasteiger partial charge is 0.308 e. The third-order valence-corrected chi connectivity index (χ3v) is 3.71. The lowest BCUT2D eigenvalue weighted by Crippen LogP contribution is -2.46. The van der Waals surface area contributed by atoms with E-state index >= 15 is 0 Å². The Kier molecular flexibility index (Phi) is 4.22. The third-order valence-electron chi connectivity index (χ3n) is 3.71. The summed E-state index contributed by atoms with van der Waals surface area (Å²) in [5.41, 5.74) is 0. The molecule has 1 N–H and O–H groups in total. The number of carboxylic acids is 1. The number of aliphatic carboxylic acids is 1. The average molecular weight is 255 g/mol. The number of likely N-dealkylation sites (tertiary alicyclic amines) is 1. The fourth-order valence-corrected chi connectivity index (χ4v) is 2.27. The summed E-state index contributed by atoms with van der Waals surface area (Å²) in [5, 5.41) is 8.99. The molecule has 5 nitrogen and oxygen atoms in total. The van der Waals surface area contributed by atoms with Gasteiger partial charge in [0.2, 0.25) is 0 Å². The molecule has 0 aromatic heterocycles. The highest BCUT2D eigenvalue weighted by molar-refractivity contribution is 5.81. The van der Waals surface area contributed by atoms with Gasteiger partial charge in [0.15, 0.2) is 0 Å². The van der Waals surface area contributed by atoms with Crippen molar-refractivity contribution in [2.75, 3.05) is 19.7 Å². The largest absolute Gasteiger partial charge is 0.481 e. The van der Waals surface area contributed by atoms with Crippen LogP contribution in [0.25, 0.3) is 0 Å². The van der Waals surface area contributed by atoms with E-state index in [0.717, 1.165) is 6.42 Å². The number of rotatable bonds is 5. The van der Waals surface area contributed by atoms with Crippen molar-refractivity contribution in [2.24, 2.45) is 11.8 Å². The van der Waals surface area contributed by atoms with Crippen molar-refractivity contribution in [1.29, 1.82) is 0 Å². The molecular formula is C13H21NO4. The summed E-state index contributed by atoms with van der Waals surface area (Å²) in [4.78, 5) is 24.7. The molecule has 5 heteroatoms. The molecule has 1 saturated carbocycles. The van der Waals surface area contributed by atoms with E-state index in [1.54, 1.807) is 11.8 Å². The molecule has 0 aromatic carbocycles. The van der Waals surface area contributed by atoms with Crippen LogP contribution in [0.2, 0.25) is 0 Å². The van der Waals surface area contributed by atoms with Gasteiger partial charge in [-0.1, -0.05) is 0 Å². The molecule has 2 atom stereocenters. The van der Waals surface area contributed by atoms with Gasteiger partial charge in [0.25, 0.3) is 5.91 Å². The first-order valence-electron chi connectivity index (χ1n) is 6.71. The first-order chi connectivity index (χ1) is 8.58. The van der Waals surface area contributed by atoms with E-state index in [0.29, 0.717) is 32.0 Å². The van der Waals surface area contributed by atoms with Crippen LogP contribution in [0.3, 0.4) is 0 Å². The maximum Gasteiger partial charge on any atom is 0.308 e. The Morgan fingerprint density at radius 2 is 2.11 bits per heavy atom. The van der Waals surface area contributed by atoms with Gasteiger partial charge >= 0.3 is 5.97 Å². The summed E-state index contributed by atoms with van der Waals surface area (Å²) in [5.74, 6) is -0.660. The minimum atomic E-state index is -0.806. The Hall–Kier alpha value is -1.10. The summed E-state index contributed by atoms with van der Waals surface area (Å²) in [7, 11) is 0. The zero-order chi connectivity index (χ0) is 13.1. The standard InChI is InChI=1S/C13H21NO4/c1-9(18-8-10-4-5-10)12(15)14-6-2-3-11(7-14)13(16)17/h9-11H,2-8H2,1H3,(H,16,17). The maximum atomic E-state index is 12.1. The molecule has 1 aliphatic carbocycles. The van der Waals surface area contributed by atoms with E-state index in [1.165, 1.54) is 12.8 Å². The quantitative estimate of drug-likeness (QED) is 0.799. The van der Waals surface area contributed by atoms with E-state index < -0.39 is 18.0 Å². The lowest BCUT2D eigenvalue weighted by Gasteiger charge is -2.32. The second-order valence-corrected chi connectivity index (χ2v) is 5.38. The zero-order valence-corrected chi connectivity index (χ0v) is 10.8. The molecule has 0 bridgehead atoms. The Bertz CT molecular complexity index is 327. The molecule has 18 heavy (non-hydrogen) atoms. The molecular weight excluding hydrogens is 234 g/mol. The first-order valence-corrected chi connectivity index (χ1v) is 6.71. The van der Waals surface area contributed by atoms with E-state index in [1.807, 2.05) is 0 Å². The highest BCUT2D eigenvalue weighted by Gasteiger charge is 2.31. The van der Waals surface area contributed by atoms with Gasteiger partial charge in [-0.2, -0.15) is 0 Å². The van der Waals surface area contributed by atoms with Crippen LogP contribution in [0.4, 0.5) is 0 Å². The van der Waals surface area contributed by atoms with E-state index in [-0.39, 0.29) is 5.91 Å². The normalized spacial score (nSPS) is 25.8. The highest BCUT2D eigenvalue weighted by atomic mass is 16.5. The van der Waals surface area contributed by atoms with Gasteiger partial charge in [-0.3, -0.25) is 9.59 Å². The van der Waals surface area contributed by atoms with Gasteiger partial charge in [-0.25, -0.2) is 0 Å². The Balaban J connectivity index is 1.80. The Morgan fingerprint density at radius 3 is 2.72 bits per heavy atom. The van der Waals surface area contributed by atoms with Crippen molar-refractivity contribution >= 4 is 11.9 Å². The monoisotopic (exact) mass is 255 g/mol. The maximum absolute atomic E-state index is 12.1. The first kappa shape index (κ1) is 13.3. The molecule has 102 valence electrons. The van der Waals surface area contributed by atoms with Crippen LogP contribution >= 0.6 is 0 Å². The molecule has 1 heterocycles. The van der Waals surface area contributed by atoms with Crippen LogP contribution in [-0.2, 0) is 14.3 Å². The molecule has 1 saturated heterocycles. The summed E-state index contributed by atoms with van der Waals surface area (Å²) >= 11 is 0. The van der Waals surface area contributed by atoms with Crippen LogP contribution in [0, 0.1) is 11.8 Å². The molecule has 0 radical (unpaired) electrons. The van der Waals surface area contributed by atoms with E-state index in [4.69, 9.17) is 9.84 Å². The molecule has 0 spiro atoms. The number of piperidine rings is 1. The van der Waals surface area contributed by atoms with E-state index in [9.17, 15) is 9.59 Å². The third kappa shape index (κ3) is 3.45. The summed E-state index contributed by atoms with van der Waals surface area (Å²) in [6.45, 7) is 3.39. The van der Waals surface area contributed by atoms with Crippen molar-refractivity contribution in [3.8, 4) is 0 Å². The van der Waals surface area contributed by atoms with Crippen LogP contribution in [-0.4, -0.2) is 47.7 Å². The number of ether oxygens (including phenoxy) is 1. The lowest BCUT2D eigenvalue weighted by molar-refractivity contribution is -0.150. The molecule has 0 aromatic rings. The van der Waals surface area contributed by atoms with Gasteiger partial charge < -0.3 is 14.7 Å². The predicted molar refractivity (Wildman–Crippen MR) is 65.1 cm³/mol. The van der Waals surface area contributed by atoms with Crippen LogP contribution in [0.15, 0.2) is 0 Å². The van der Waals surface area contributed by atoms with Crippen molar-refractivity contribution < 1.29 is 19.4 Å². The van der Waals surface area contributed by atoms with Gasteiger partial charge in [0.05, 0.1) is 12.5 Å². The molecule has 2 fully saturated rings. The predicted octanol–water partition coefficient (Wildman–Crippen LogP) is 1.12. The molecule has 1 aliphatic heterocycles. The van der Waals surface area contributed by atoms with Crippen molar-refractivity contribution in [3.05, 3.63) is 0 Å². The fourth-order valence-electron chi connectivity index (χ4n) is 2.27. The van der Waals surface area contributed by atoms with Crippen molar-refractivity contribution in [3.63, 3.8) is 0 Å². The molecule has 2 aliphatic rings.